The lowest BCUT2D eigenvalue weighted by atomic mass is 9.91. The van der Waals surface area contributed by atoms with Crippen LogP contribution in [0.1, 0.15) is 58.8 Å². The molecule has 0 radical (unpaired) electrons. The normalized spacial score (nSPS) is 25.3. The first-order valence-corrected chi connectivity index (χ1v) is 13.7. The van der Waals surface area contributed by atoms with Gasteiger partial charge in [-0.3, -0.25) is 4.79 Å². The van der Waals surface area contributed by atoms with Crippen LogP contribution >= 0.6 is 0 Å². The Morgan fingerprint density at radius 3 is 2.42 bits per heavy atom. The van der Waals surface area contributed by atoms with Crippen molar-refractivity contribution in [2.24, 2.45) is 0 Å². The van der Waals surface area contributed by atoms with Gasteiger partial charge in [0.2, 0.25) is 0 Å². The van der Waals surface area contributed by atoms with E-state index in [1.54, 1.807) is 13.2 Å². The molecule has 1 aromatic carbocycles. The minimum absolute atomic E-state index is 0.00371. The van der Waals surface area contributed by atoms with Crippen molar-refractivity contribution in [3.05, 3.63) is 42.5 Å². The lowest BCUT2D eigenvalue weighted by molar-refractivity contribution is -0.139. The highest BCUT2D eigenvalue weighted by atomic mass is 28.4. The number of ether oxygens (including phenoxy) is 3. The van der Waals surface area contributed by atoms with E-state index >= 15 is 0 Å². The molecule has 31 heavy (non-hydrogen) atoms. The van der Waals surface area contributed by atoms with Gasteiger partial charge in [0, 0.05) is 5.56 Å². The summed E-state index contributed by atoms with van der Waals surface area (Å²) in [6, 6.07) is 7.58. The Bertz CT molecular complexity index is 754. The van der Waals surface area contributed by atoms with Crippen LogP contribution in [0.5, 0.6) is 5.75 Å². The maximum Gasteiger partial charge on any atom is 0.305 e. The Morgan fingerprint density at radius 2 is 1.94 bits per heavy atom. The molecule has 0 bridgehead atoms. The maximum absolute atomic E-state index is 11.5. The number of carboxylic acid groups (broad SMARTS) is 1. The third kappa shape index (κ3) is 6.41. The number of hydrogen-bond donors (Lipinski definition) is 1. The van der Waals surface area contributed by atoms with E-state index in [1.807, 2.05) is 31.2 Å². The molecule has 1 N–H and O–H groups in total. The van der Waals surface area contributed by atoms with Crippen molar-refractivity contribution in [2.45, 2.75) is 89.2 Å². The summed E-state index contributed by atoms with van der Waals surface area (Å²) in [6.45, 7) is 16.7. The molecule has 2 rings (SSSR count). The molecule has 1 heterocycles. The largest absolute Gasteiger partial charge is 0.497 e. The van der Waals surface area contributed by atoms with Gasteiger partial charge in [0.15, 0.2) is 14.6 Å². The summed E-state index contributed by atoms with van der Waals surface area (Å²) in [4.78, 5) is 11.5. The zero-order chi connectivity index (χ0) is 23.4. The van der Waals surface area contributed by atoms with Crippen LogP contribution in [0, 0.1) is 0 Å². The van der Waals surface area contributed by atoms with Gasteiger partial charge in [-0.05, 0) is 50.0 Å². The third-order valence-corrected chi connectivity index (χ3v) is 11.0. The molecule has 0 amide bonds. The first-order chi connectivity index (χ1) is 14.3. The highest BCUT2D eigenvalue weighted by Gasteiger charge is 2.46. The molecule has 1 aliphatic heterocycles. The van der Waals surface area contributed by atoms with Crippen molar-refractivity contribution in [2.75, 3.05) is 7.11 Å². The molecular formula is C24H38O6Si. The molecule has 2 unspecified atom stereocenters. The number of carbonyl (C=O) groups is 1. The van der Waals surface area contributed by atoms with E-state index in [0.717, 1.165) is 11.3 Å². The molecule has 0 aliphatic carbocycles. The van der Waals surface area contributed by atoms with Gasteiger partial charge in [0.1, 0.15) is 11.9 Å². The van der Waals surface area contributed by atoms with Crippen LogP contribution in [-0.2, 0) is 18.7 Å². The van der Waals surface area contributed by atoms with E-state index in [0.29, 0.717) is 12.8 Å². The van der Waals surface area contributed by atoms with Gasteiger partial charge in [-0.2, -0.15) is 0 Å². The lowest BCUT2D eigenvalue weighted by Gasteiger charge is -2.39. The maximum atomic E-state index is 11.5. The Labute approximate surface area is 187 Å². The van der Waals surface area contributed by atoms with Gasteiger partial charge >= 0.3 is 5.97 Å². The molecule has 4 atom stereocenters. The first-order valence-electron chi connectivity index (χ1n) is 10.8. The Hall–Kier alpha value is -1.67. The van der Waals surface area contributed by atoms with Gasteiger partial charge in [-0.15, -0.1) is 6.58 Å². The molecule has 1 aliphatic rings. The number of hydrogen-bond acceptors (Lipinski definition) is 5. The van der Waals surface area contributed by atoms with Gasteiger partial charge < -0.3 is 23.7 Å². The number of methoxy groups -OCH3 is 1. The van der Waals surface area contributed by atoms with Gasteiger partial charge in [-0.25, -0.2) is 0 Å². The van der Waals surface area contributed by atoms with Gasteiger partial charge in [-0.1, -0.05) is 39.0 Å². The molecule has 7 heteroatoms. The van der Waals surface area contributed by atoms with Gasteiger partial charge in [0.25, 0.3) is 0 Å². The van der Waals surface area contributed by atoms with E-state index in [9.17, 15) is 9.90 Å². The highest BCUT2D eigenvalue weighted by molar-refractivity contribution is 6.74. The second kappa shape index (κ2) is 9.86. The summed E-state index contributed by atoms with van der Waals surface area (Å²) in [6.07, 6.45) is 1.70. The third-order valence-electron chi connectivity index (χ3n) is 6.48. The van der Waals surface area contributed by atoms with E-state index in [1.165, 1.54) is 0 Å². The zero-order valence-corrected chi connectivity index (χ0v) is 20.9. The SMILES string of the molecule is C=C[C@@H]1OC(c2ccc(OC)cc2)O[C@]1(C)CCC(CC(=O)O)O[Si](C)(C)C(C)(C)C. The van der Waals surface area contributed by atoms with Crippen LogP contribution in [0.25, 0.3) is 0 Å². The second-order valence-electron chi connectivity index (χ2n) is 9.96. The zero-order valence-electron chi connectivity index (χ0n) is 19.9. The average Bonchev–Trinajstić information content (AvgIpc) is 3.01. The van der Waals surface area contributed by atoms with Crippen molar-refractivity contribution < 1.29 is 28.5 Å². The number of benzene rings is 1. The fourth-order valence-electron chi connectivity index (χ4n) is 3.47. The number of rotatable bonds is 10. The molecule has 1 fully saturated rings. The van der Waals surface area contributed by atoms with Crippen LogP contribution in [-0.4, -0.2) is 44.3 Å². The number of aliphatic carboxylic acids is 1. The molecule has 0 saturated carbocycles. The second-order valence-corrected chi connectivity index (χ2v) is 14.7. The topological polar surface area (TPSA) is 74.2 Å². The van der Waals surface area contributed by atoms with E-state index in [4.69, 9.17) is 18.6 Å². The predicted octanol–water partition coefficient (Wildman–Crippen LogP) is 5.70. The van der Waals surface area contributed by atoms with Crippen LogP contribution in [0.4, 0.5) is 0 Å². The van der Waals surface area contributed by atoms with Crippen molar-refractivity contribution in [1.82, 2.24) is 0 Å². The molecule has 0 aromatic heterocycles. The van der Waals surface area contributed by atoms with Crippen LogP contribution in [0.2, 0.25) is 18.1 Å². The Balaban J connectivity index is 2.12. The molecular weight excluding hydrogens is 412 g/mol. The van der Waals surface area contributed by atoms with Crippen molar-refractivity contribution in [1.29, 1.82) is 0 Å². The average molecular weight is 451 g/mol. The van der Waals surface area contributed by atoms with Crippen molar-refractivity contribution in [3.8, 4) is 5.75 Å². The summed E-state index contributed by atoms with van der Waals surface area (Å²) in [5.41, 5.74) is 0.274. The lowest BCUT2D eigenvalue weighted by Crippen LogP contribution is -2.45. The number of carboxylic acids is 1. The standard InChI is InChI=1S/C24H38O6Si/c1-9-20-24(5,29-22(28-20)17-10-12-18(27-6)13-11-17)15-14-19(16-21(25)26)30-31(7,8)23(2,3)4/h9-13,19-20,22H,1,14-16H2,2-8H3,(H,25,26)/t19?,20-,22?,24+/m0/s1. The van der Waals surface area contributed by atoms with Crippen molar-refractivity contribution >= 4 is 14.3 Å². The van der Waals surface area contributed by atoms with E-state index in [-0.39, 0.29) is 23.7 Å². The molecule has 1 saturated heterocycles. The Morgan fingerprint density at radius 1 is 1.32 bits per heavy atom. The van der Waals surface area contributed by atoms with Crippen LogP contribution in [0.3, 0.4) is 0 Å². The molecule has 6 nitrogen and oxygen atoms in total. The fourth-order valence-corrected chi connectivity index (χ4v) is 4.86. The van der Waals surface area contributed by atoms with E-state index < -0.39 is 26.2 Å². The molecule has 0 spiro atoms. The Kier molecular flexibility index (Phi) is 8.14. The summed E-state index contributed by atoms with van der Waals surface area (Å²) in [5.74, 6) is -0.0853. The highest BCUT2D eigenvalue weighted by Crippen LogP contribution is 2.43. The minimum atomic E-state index is -2.10. The molecule has 174 valence electrons. The summed E-state index contributed by atoms with van der Waals surface area (Å²) >= 11 is 0. The summed E-state index contributed by atoms with van der Waals surface area (Å²) in [7, 11) is -0.477. The minimum Gasteiger partial charge on any atom is -0.497 e. The predicted molar refractivity (Wildman–Crippen MR) is 124 cm³/mol. The van der Waals surface area contributed by atoms with Crippen LogP contribution in [0.15, 0.2) is 36.9 Å². The van der Waals surface area contributed by atoms with Gasteiger partial charge in [0.05, 0.1) is 25.2 Å². The fraction of sp³-hybridized carbons (Fsp3) is 0.625. The van der Waals surface area contributed by atoms with Crippen LogP contribution < -0.4 is 4.74 Å². The first kappa shape index (κ1) is 25.6. The van der Waals surface area contributed by atoms with Crippen molar-refractivity contribution in [3.63, 3.8) is 0 Å². The monoisotopic (exact) mass is 450 g/mol. The smallest absolute Gasteiger partial charge is 0.305 e. The summed E-state index contributed by atoms with van der Waals surface area (Å²) in [5, 5.41) is 9.43. The molecule has 1 aromatic rings. The quantitative estimate of drug-likeness (QED) is 0.364. The summed E-state index contributed by atoms with van der Waals surface area (Å²) < 4.78 is 24.1. The van der Waals surface area contributed by atoms with E-state index in [2.05, 4.69) is 40.4 Å².